The van der Waals surface area contributed by atoms with Gasteiger partial charge in [0, 0.05) is 6.54 Å². The zero-order valence-corrected chi connectivity index (χ0v) is 12.3. The minimum absolute atomic E-state index is 0.0638. The highest BCUT2D eigenvalue weighted by molar-refractivity contribution is 6.34. The summed E-state index contributed by atoms with van der Waals surface area (Å²) in [6, 6.07) is 5.79. The molecule has 1 heterocycles. The highest BCUT2D eigenvalue weighted by Crippen LogP contribution is 2.29. The van der Waals surface area contributed by atoms with E-state index in [1.165, 1.54) is 0 Å². The predicted molar refractivity (Wildman–Crippen MR) is 79.9 cm³/mol. The number of carbonyl (C=O) groups is 1. The Kier molecular flexibility index (Phi) is 4.83. The number of hydrogen-bond acceptors (Lipinski definition) is 2. The van der Waals surface area contributed by atoms with E-state index in [4.69, 9.17) is 11.6 Å². The largest absolute Gasteiger partial charge is 0.310 e. The van der Waals surface area contributed by atoms with Crippen LogP contribution in [0.3, 0.4) is 0 Å². The Morgan fingerprint density at radius 3 is 2.95 bits per heavy atom. The predicted octanol–water partition coefficient (Wildman–Crippen LogP) is 3.14. The molecule has 3 nitrogen and oxygen atoms in total. The van der Waals surface area contributed by atoms with E-state index >= 15 is 0 Å². The average molecular weight is 281 g/mol. The molecule has 2 rings (SSSR count). The molecule has 0 saturated carbocycles. The molecule has 1 aromatic rings. The van der Waals surface area contributed by atoms with Crippen molar-refractivity contribution in [2.75, 3.05) is 18.0 Å². The van der Waals surface area contributed by atoms with Crippen LogP contribution >= 0.6 is 11.6 Å². The second-order valence-electron chi connectivity index (χ2n) is 5.09. The first-order valence-corrected chi connectivity index (χ1v) is 7.32. The zero-order valence-electron chi connectivity index (χ0n) is 11.6. The smallest absolute Gasteiger partial charge is 0.244 e. The molecule has 19 heavy (non-hydrogen) atoms. The normalized spacial score (nSPS) is 19.8. The molecular formula is C15H21ClN2O. The van der Waals surface area contributed by atoms with Crippen molar-refractivity contribution < 1.29 is 4.79 Å². The molecule has 0 radical (unpaired) electrons. The number of hydrogen-bond donors (Lipinski definition) is 1. The van der Waals surface area contributed by atoms with Gasteiger partial charge in [-0.05, 0) is 50.4 Å². The summed E-state index contributed by atoms with van der Waals surface area (Å²) in [5.41, 5.74) is 1.94. The van der Waals surface area contributed by atoms with Gasteiger partial charge in [0.2, 0.25) is 5.91 Å². The van der Waals surface area contributed by atoms with E-state index in [1.807, 2.05) is 30.0 Å². The van der Waals surface area contributed by atoms with Crippen LogP contribution in [0.4, 0.5) is 5.69 Å². The van der Waals surface area contributed by atoms with Gasteiger partial charge in [-0.15, -0.1) is 0 Å². The van der Waals surface area contributed by atoms with Crippen molar-refractivity contribution >= 4 is 23.2 Å². The molecule has 0 aliphatic carbocycles. The van der Waals surface area contributed by atoms with Crippen molar-refractivity contribution in [3.8, 4) is 0 Å². The van der Waals surface area contributed by atoms with Crippen molar-refractivity contribution in [1.29, 1.82) is 0 Å². The third-order valence-electron chi connectivity index (χ3n) is 3.47. The van der Waals surface area contributed by atoms with Crippen LogP contribution in [0.5, 0.6) is 0 Å². The van der Waals surface area contributed by atoms with Crippen molar-refractivity contribution in [3.05, 3.63) is 28.8 Å². The van der Waals surface area contributed by atoms with Gasteiger partial charge in [-0.2, -0.15) is 0 Å². The standard InChI is InChI=1S/C15H21ClN2O/c1-3-8-17-13-5-4-9-18(15(13)19)14-7-6-11(2)10-12(14)16/h6-7,10,13,17H,3-5,8-9H2,1-2H3. The molecule has 4 heteroatoms. The van der Waals surface area contributed by atoms with Crippen LogP contribution in [0.1, 0.15) is 31.7 Å². The number of nitrogens with zero attached hydrogens (tertiary/aromatic N) is 1. The molecule has 0 spiro atoms. The fourth-order valence-electron chi connectivity index (χ4n) is 2.45. The number of halogens is 1. The number of carbonyl (C=O) groups excluding carboxylic acids is 1. The second-order valence-corrected chi connectivity index (χ2v) is 5.50. The minimum atomic E-state index is -0.0638. The molecule has 1 N–H and O–H groups in total. The highest BCUT2D eigenvalue weighted by Gasteiger charge is 2.29. The molecule has 1 saturated heterocycles. The van der Waals surface area contributed by atoms with E-state index in [1.54, 1.807) is 0 Å². The van der Waals surface area contributed by atoms with Gasteiger partial charge in [-0.25, -0.2) is 0 Å². The fourth-order valence-corrected chi connectivity index (χ4v) is 2.79. The van der Waals surface area contributed by atoms with Gasteiger partial charge in [0.1, 0.15) is 0 Å². The van der Waals surface area contributed by atoms with Gasteiger partial charge < -0.3 is 10.2 Å². The maximum atomic E-state index is 12.5. The number of amides is 1. The van der Waals surface area contributed by atoms with Crippen LogP contribution in [-0.2, 0) is 4.79 Å². The maximum absolute atomic E-state index is 12.5. The molecular weight excluding hydrogens is 260 g/mol. The summed E-state index contributed by atoms with van der Waals surface area (Å²) in [6.45, 7) is 5.74. The third kappa shape index (κ3) is 3.28. The summed E-state index contributed by atoms with van der Waals surface area (Å²) in [4.78, 5) is 14.3. The van der Waals surface area contributed by atoms with Crippen molar-refractivity contribution in [2.45, 2.75) is 39.2 Å². The Morgan fingerprint density at radius 1 is 1.47 bits per heavy atom. The molecule has 104 valence electrons. The third-order valence-corrected chi connectivity index (χ3v) is 3.78. The van der Waals surface area contributed by atoms with Crippen molar-refractivity contribution in [3.63, 3.8) is 0 Å². The van der Waals surface area contributed by atoms with Crippen LogP contribution in [-0.4, -0.2) is 25.0 Å². The van der Waals surface area contributed by atoms with E-state index in [2.05, 4.69) is 12.2 Å². The molecule has 1 fully saturated rings. The van der Waals surface area contributed by atoms with Crippen LogP contribution < -0.4 is 10.2 Å². The van der Waals surface area contributed by atoms with Gasteiger partial charge in [0.25, 0.3) is 0 Å². The van der Waals surface area contributed by atoms with Crippen molar-refractivity contribution in [1.82, 2.24) is 5.32 Å². The van der Waals surface area contributed by atoms with Gasteiger partial charge >= 0.3 is 0 Å². The Hall–Kier alpha value is -1.06. The van der Waals surface area contributed by atoms with Crippen LogP contribution in [0, 0.1) is 6.92 Å². The summed E-state index contributed by atoms with van der Waals surface area (Å²) in [7, 11) is 0. The first-order chi connectivity index (χ1) is 9.13. The number of benzene rings is 1. The Labute approximate surface area is 119 Å². The van der Waals surface area contributed by atoms with E-state index in [9.17, 15) is 4.79 Å². The van der Waals surface area contributed by atoms with Crippen LogP contribution in [0.15, 0.2) is 18.2 Å². The molecule has 1 amide bonds. The lowest BCUT2D eigenvalue weighted by Gasteiger charge is -2.33. The second kappa shape index (κ2) is 6.40. The lowest BCUT2D eigenvalue weighted by atomic mass is 10.0. The maximum Gasteiger partial charge on any atom is 0.244 e. The fraction of sp³-hybridized carbons (Fsp3) is 0.533. The number of nitrogens with one attached hydrogen (secondary N) is 1. The number of anilines is 1. The van der Waals surface area contributed by atoms with Gasteiger partial charge in [-0.3, -0.25) is 4.79 Å². The van der Waals surface area contributed by atoms with Gasteiger partial charge in [-0.1, -0.05) is 24.6 Å². The average Bonchev–Trinajstić information content (AvgIpc) is 2.38. The molecule has 0 bridgehead atoms. The van der Waals surface area contributed by atoms with E-state index in [0.29, 0.717) is 5.02 Å². The lowest BCUT2D eigenvalue weighted by Crippen LogP contribution is -2.51. The van der Waals surface area contributed by atoms with Gasteiger partial charge in [0.05, 0.1) is 16.8 Å². The zero-order chi connectivity index (χ0) is 13.8. The molecule has 1 unspecified atom stereocenters. The quantitative estimate of drug-likeness (QED) is 0.919. The van der Waals surface area contributed by atoms with Crippen molar-refractivity contribution in [2.24, 2.45) is 0 Å². The highest BCUT2D eigenvalue weighted by atomic mass is 35.5. The number of aryl methyl sites for hydroxylation is 1. The summed E-state index contributed by atoms with van der Waals surface area (Å²) in [5, 5.41) is 3.97. The Balaban J connectivity index is 2.17. The summed E-state index contributed by atoms with van der Waals surface area (Å²) >= 11 is 6.27. The topological polar surface area (TPSA) is 32.3 Å². The first-order valence-electron chi connectivity index (χ1n) is 6.94. The van der Waals surface area contributed by atoms with E-state index < -0.39 is 0 Å². The lowest BCUT2D eigenvalue weighted by molar-refractivity contribution is -0.121. The van der Waals surface area contributed by atoms with E-state index in [-0.39, 0.29) is 11.9 Å². The molecule has 1 aromatic carbocycles. The monoisotopic (exact) mass is 280 g/mol. The summed E-state index contributed by atoms with van der Waals surface area (Å²) in [6.07, 6.45) is 2.96. The minimum Gasteiger partial charge on any atom is -0.310 e. The molecule has 1 aliphatic rings. The Bertz CT molecular complexity index is 461. The van der Waals surface area contributed by atoms with Crippen LogP contribution in [0.2, 0.25) is 5.02 Å². The summed E-state index contributed by atoms with van der Waals surface area (Å²) in [5.74, 6) is 0.144. The number of rotatable bonds is 4. The molecule has 0 aromatic heterocycles. The summed E-state index contributed by atoms with van der Waals surface area (Å²) < 4.78 is 0. The van der Waals surface area contributed by atoms with E-state index in [0.717, 1.165) is 43.6 Å². The van der Waals surface area contributed by atoms with Crippen LogP contribution in [0.25, 0.3) is 0 Å². The van der Waals surface area contributed by atoms with Gasteiger partial charge in [0.15, 0.2) is 0 Å². The first kappa shape index (κ1) is 14.4. The Morgan fingerprint density at radius 2 is 2.26 bits per heavy atom. The SMILES string of the molecule is CCCNC1CCCN(c2ccc(C)cc2Cl)C1=O. The molecule has 1 atom stereocenters. The number of piperidine rings is 1. The molecule has 1 aliphatic heterocycles.